The Morgan fingerprint density at radius 2 is 2.27 bits per heavy atom. The summed E-state index contributed by atoms with van der Waals surface area (Å²) in [7, 11) is 0. The van der Waals surface area contributed by atoms with Gasteiger partial charge in [-0.2, -0.15) is 0 Å². The summed E-state index contributed by atoms with van der Waals surface area (Å²) >= 11 is 1.60. The predicted molar refractivity (Wildman–Crippen MR) is 59.5 cm³/mol. The maximum atomic E-state index is 5.49. The molecule has 2 heterocycles. The molecule has 4 nitrogen and oxygen atoms in total. The highest BCUT2D eigenvalue weighted by Crippen LogP contribution is 2.29. The summed E-state index contributed by atoms with van der Waals surface area (Å²) in [6.45, 7) is 0. The molecule has 2 aromatic heterocycles. The van der Waals surface area contributed by atoms with Gasteiger partial charge in [0.05, 0.1) is 15.7 Å². The zero-order valence-electron chi connectivity index (χ0n) is 7.68. The molecule has 3 aromatic rings. The average Bonchev–Trinajstić information content (AvgIpc) is 2.84. The zero-order chi connectivity index (χ0) is 10.3. The van der Waals surface area contributed by atoms with Crippen molar-refractivity contribution in [3.05, 3.63) is 29.8 Å². The van der Waals surface area contributed by atoms with Crippen molar-refractivity contribution in [3.63, 3.8) is 0 Å². The molecular weight excluding hydrogens is 210 g/mol. The molecule has 0 fully saturated rings. The van der Waals surface area contributed by atoms with Gasteiger partial charge < -0.3 is 10.3 Å². The molecule has 0 radical (unpaired) electrons. The van der Waals surface area contributed by atoms with Crippen molar-refractivity contribution in [2.24, 2.45) is 0 Å². The summed E-state index contributed by atoms with van der Waals surface area (Å²) in [5.41, 5.74) is 9.92. The van der Waals surface area contributed by atoms with Crippen molar-refractivity contribution in [3.8, 4) is 11.3 Å². The van der Waals surface area contributed by atoms with Gasteiger partial charge in [0.15, 0.2) is 0 Å². The van der Waals surface area contributed by atoms with Crippen LogP contribution in [0.15, 0.2) is 34.3 Å². The molecule has 0 saturated heterocycles. The second-order valence-corrected chi connectivity index (χ2v) is 4.01. The van der Waals surface area contributed by atoms with Crippen LogP contribution in [0, 0.1) is 0 Å². The summed E-state index contributed by atoms with van der Waals surface area (Å²) < 4.78 is 5.98. The van der Waals surface area contributed by atoms with E-state index in [2.05, 4.69) is 10.1 Å². The molecule has 1 aromatic carbocycles. The largest absolute Gasteiger partial charge is 0.368 e. The van der Waals surface area contributed by atoms with Crippen LogP contribution < -0.4 is 5.73 Å². The minimum atomic E-state index is 0.317. The standard InChI is InChI=1S/C10H7N3OS/c11-9-4-7(13-14-9)6-2-1-3-8-10(6)12-5-15-8/h1-5H,11H2. The highest BCUT2D eigenvalue weighted by Gasteiger charge is 2.09. The van der Waals surface area contributed by atoms with E-state index in [1.807, 2.05) is 23.7 Å². The number of nitrogens with zero attached hydrogens (tertiary/aromatic N) is 2. The molecule has 74 valence electrons. The Hall–Kier alpha value is -1.88. The first kappa shape index (κ1) is 8.43. The third-order valence-corrected chi connectivity index (χ3v) is 2.96. The molecule has 15 heavy (non-hydrogen) atoms. The van der Waals surface area contributed by atoms with Crippen LogP contribution >= 0.6 is 11.3 Å². The van der Waals surface area contributed by atoms with Gasteiger partial charge in [-0.3, -0.25) is 0 Å². The van der Waals surface area contributed by atoms with E-state index in [-0.39, 0.29) is 0 Å². The van der Waals surface area contributed by atoms with E-state index in [1.54, 1.807) is 17.4 Å². The van der Waals surface area contributed by atoms with Crippen LogP contribution in [0.25, 0.3) is 21.5 Å². The monoisotopic (exact) mass is 217 g/mol. The van der Waals surface area contributed by atoms with Crippen LogP contribution in [0.2, 0.25) is 0 Å². The summed E-state index contributed by atoms with van der Waals surface area (Å²) in [5, 5.41) is 3.88. The molecular formula is C10H7N3OS. The molecule has 0 spiro atoms. The smallest absolute Gasteiger partial charge is 0.222 e. The maximum absolute atomic E-state index is 5.49. The van der Waals surface area contributed by atoms with Crippen LogP contribution in [0.1, 0.15) is 0 Å². The van der Waals surface area contributed by atoms with Crippen molar-refractivity contribution in [1.29, 1.82) is 0 Å². The highest BCUT2D eigenvalue weighted by atomic mass is 32.1. The van der Waals surface area contributed by atoms with E-state index in [0.29, 0.717) is 5.88 Å². The average molecular weight is 217 g/mol. The zero-order valence-corrected chi connectivity index (χ0v) is 8.49. The summed E-state index contributed by atoms with van der Waals surface area (Å²) in [6.07, 6.45) is 0. The molecule has 0 atom stereocenters. The fraction of sp³-hybridized carbons (Fsp3) is 0. The van der Waals surface area contributed by atoms with E-state index >= 15 is 0 Å². The number of hydrogen-bond donors (Lipinski definition) is 1. The number of para-hydroxylation sites is 1. The molecule has 3 rings (SSSR count). The van der Waals surface area contributed by atoms with E-state index in [4.69, 9.17) is 10.3 Å². The van der Waals surface area contributed by atoms with Gasteiger partial charge in [-0.15, -0.1) is 11.3 Å². The number of nitrogen functional groups attached to an aromatic ring is 1. The Morgan fingerprint density at radius 3 is 3.07 bits per heavy atom. The SMILES string of the molecule is Nc1cc(-c2cccc3scnc23)no1. The normalized spacial score (nSPS) is 10.9. The first-order chi connectivity index (χ1) is 7.34. The number of thiazole rings is 1. The third kappa shape index (κ3) is 1.28. The Balaban J connectivity index is 2.30. The van der Waals surface area contributed by atoms with E-state index < -0.39 is 0 Å². The number of benzene rings is 1. The maximum Gasteiger partial charge on any atom is 0.222 e. The number of fused-ring (bicyclic) bond motifs is 1. The minimum Gasteiger partial charge on any atom is -0.368 e. The van der Waals surface area contributed by atoms with Crippen LogP contribution in [0.5, 0.6) is 0 Å². The van der Waals surface area contributed by atoms with Gasteiger partial charge in [0.2, 0.25) is 5.88 Å². The van der Waals surface area contributed by atoms with Gasteiger partial charge in [-0.05, 0) is 6.07 Å². The van der Waals surface area contributed by atoms with Crippen molar-refractivity contribution in [2.45, 2.75) is 0 Å². The molecule has 0 aliphatic heterocycles. The molecule has 0 aliphatic carbocycles. The molecule has 5 heteroatoms. The fourth-order valence-corrected chi connectivity index (χ4v) is 2.21. The van der Waals surface area contributed by atoms with E-state index in [0.717, 1.165) is 21.5 Å². The Bertz CT molecular complexity index is 614. The molecule has 0 bridgehead atoms. The Kier molecular flexibility index (Phi) is 1.72. The molecule has 0 unspecified atom stereocenters. The molecule has 0 amide bonds. The lowest BCUT2D eigenvalue weighted by atomic mass is 10.1. The quantitative estimate of drug-likeness (QED) is 0.680. The lowest BCUT2D eigenvalue weighted by Crippen LogP contribution is -1.79. The van der Waals surface area contributed by atoms with E-state index in [1.165, 1.54) is 0 Å². The lowest BCUT2D eigenvalue weighted by Gasteiger charge is -1.95. The van der Waals surface area contributed by atoms with Gasteiger partial charge in [0, 0.05) is 11.6 Å². The molecule has 0 saturated carbocycles. The number of aromatic nitrogens is 2. The first-order valence-corrected chi connectivity index (χ1v) is 5.27. The second kappa shape index (κ2) is 3.06. The number of hydrogen-bond acceptors (Lipinski definition) is 5. The van der Waals surface area contributed by atoms with Crippen LogP contribution in [0.3, 0.4) is 0 Å². The van der Waals surface area contributed by atoms with Crippen molar-refractivity contribution in [1.82, 2.24) is 10.1 Å². The van der Waals surface area contributed by atoms with Gasteiger partial charge in [-0.1, -0.05) is 17.3 Å². The van der Waals surface area contributed by atoms with Crippen molar-refractivity contribution in [2.75, 3.05) is 5.73 Å². The van der Waals surface area contributed by atoms with Gasteiger partial charge in [-0.25, -0.2) is 4.98 Å². The van der Waals surface area contributed by atoms with Crippen LogP contribution in [0.4, 0.5) is 5.88 Å². The minimum absolute atomic E-state index is 0.317. The summed E-state index contributed by atoms with van der Waals surface area (Å²) in [4.78, 5) is 4.30. The van der Waals surface area contributed by atoms with Crippen LogP contribution in [-0.2, 0) is 0 Å². The van der Waals surface area contributed by atoms with Gasteiger partial charge >= 0.3 is 0 Å². The lowest BCUT2D eigenvalue weighted by molar-refractivity contribution is 0.439. The van der Waals surface area contributed by atoms with Crippen molar-refractivity contribution >= 4 is 27.4 Å². The van der Waals surface area contributed by atoms with Crippen LogP contribution in [-0.4, -0.2) is 10.1 Å². The fourth-order valence-electron chi connectivity index (χ4n) is 1.51. The summed E-state index contributed by atoms with van der Waals surface area (Å²) in [5.74, 6) is 0.317. The number of rotatable bonds is 1. The van der Waals surface area contributed by atoms with E-state index in [9.17, 15) is 0 Å². The highest BCUT2D eigenvalue weighted by molar-refractivity contribution is 7.16. The third-order valence-electron chi connectivity index (χ3n) is 2.16. The van der Waals surface area contributed by atoms with Gasteiger partial charge in [0.25, 0.3) is 0 Å². The summed E-state index contributed by atoms with van der Waals surface area (Å²) in [6, 6.07) is 7.66. The first-order valence-electron chi connectivity index (χ1n) is 4.39. The topological polar surface area (TPSA) is 64.9 Å². The van der Waals surface area contributed by atoms with Gasteiger partial charge in [0.1, 0.15) is 5.69 Å². The Labute approximate surface area is 89.3 Å². The van der Waals surface area contributed by atoms with Crippen molar-refractivity contribution < 1.29 is 4.52 Å². The predicted octanol–water partition coefficient (Wildman–Crippen LogP) is 2.53. The Morgan fingerprint density at radius 1 is 1.33 bits per heavy atom. The molecule has 2 N–H and O–H groups in total. The number of nitrogens with two attached hydrogens (primary N) is 1. The molecule has 0 aliphatic rings. The second-order valence-electron chi connectivity index (χ2n) is 3.12. The number of anilines is 1.